The Balaban J connectivity index is 2.22. The second-order valence-electron chi connectivity index (χ2n) is 5.07. The predicted octanol–water partition coefficient (Wildman–Crippen LogP) is 4.05. The number of benzene rings is 2. The van der Waals surface area contributed by atoms with E-state index >= 15 is 0 Å². The second kappa shape index (κ2) is 7.78. The molecule has 0 aliphatic heterocycles. The van der Waals surface area contributed by atoms with Crippen LogP contribution >= 0.6 is 11.6 Å². The van der Waals surface area contributed by atoms with Crippen LogP contribution in [0.15, 0.2) is 60.7 Å². The van der Waals surface area contributed by atoms with Crippen LogP contribution in [0.4, 0.5) is 0 Å². The summed E-state index contributed by atoms with van der Waals surface area (Å²) in [6, 6.07) is 16.1. The number of ether oxygens (including phenoxy) is 1. The highest BCUT2D eigenvalue weighted by molar-refractivity contribution is 6.49. The first-order valence-electron chi connectivity index (χ1n) is 6.95. The molecule has 2 aromatic rings. The molecule has 114 valence electrons. The van der Waals surface area contributed by atoms with Gasteiger partial charge in [0.2, 0.25) is 0 Å². The highest BCUT2D eigenvalue weighted by Crippen LogP contribution is 2.29. The van der Waals surface area contributed by atoms with E-state index in [0.717, 1.165) is 0 Å². The fraction of sp³-hybridized carbons (Fsp3) is 0.167. The Labute approximate surface area is 135 Å². The molecule has 0 amide bonds. The van der Waals surface area contributed by atoms with Crippen molar-refractivity contribution in [1.29, 1.82) is 0 Å². The predicted molar refractivity (Wildman–Crippen MR) is 90.2 cm³/mol. The van der Waals surface area contributed by atoms with Gasteiger partial charge in [0.1, 0.15) is 5.75 Å². The highest BCUT2D eigenvalue weighted by atomic mass is 35.5. The average Bonchev–Trinajstić information content (AvgIpc) is 2.54. The van der Waals surface area contributed by atoms with E-state index in [1.165, 1.54) is 0 Å². The molecule has 0 spiro atoms. The molecule has 0 aliphatic carbocycles. The Kier molecular flexibility index (Phi) is 5.75. The summed E-state index contributed by atoms with van der Waals surface area (Å²) in [7, 11) is 3.92. The summed E-state index contributed by atoms with van der Waals surface area (Å²) in [5.41, 5.74) is 1.21. The Morgan fingerprint density at radius 1 is 1.09 bits per heavy atom. The van der Waals surface area contributed by atoms with Gasteiger partial charge in [-0.15, -0.1) is 0 Å². The third-order valence-electron chi connectivity index (χ3n) is 2.99. The number of likely N-dealkylation sites (N-methyl/N-ethyl adjacent to an activating group) is 1. The molecule has 0 radical (unpaired) electrons. The van der Waals surface area contributed by atoms with Crippen LogP contribution in [0, 0.1) is 0 Å². The smallest absolute Gasteiger partial charge is 0.343 e. The van der Waals surface area contributed by atoms with Crippen LogP contribution in [0.2, 0.25) is 0 Å². The van der Waals surface area contributed by atoms with Crippen molar-refractivity contribution in [3.8, 4) is 5.75 Å². The molecular weight excluding hydrogens is 298 g/mol. The van der Waals surface area contributed by atoms with E-state index in [4.69, 9.17) is 16.3 Å². The Morgan fingerprint density at radius 2 is 1.73 bits per heavy atom. The van der Waals surface area contributed by atoms with Crippen molar-refractivity contribution in [2.45, 2.75) is 0 Å². The Hall–Kier alpha value is -2.10. The van der Waals surface area contributed by atoms with Gasteiger partial charge in [0, 0.05) is 17.1 Å². The summed E-state index contributed by atoms with van der Waals surface area (Å²) in [5, 5.41) is 0.560. The van der Waals surface area contributed by atoms with E-state index in [0.29, 0.717) is 28.5 Å². The first-order valence-corrected chi connectivity index (χ1v) is 7.32. The van der Waals surface area contributed by atoms with Gasteiger partial charge < -0.3 is 9.64 Å². The third-order valence-corrected chi connectivity index (χ3v) is 3.35. The molecule has 22 heavy (non-hydrogen) atoms. The molecule has 0 saturated heterocycles. The van der Waals surface area contributed by atoms with Gasteiger partial charge in [0.15, 0.2) is 0 Å². The van der Waals surface area contributed by atoms with Crippen LogP contribution in [0.25, 0.3) is 5.03 Å². The quantitative estimate of drug-likeness (QED) is 0.616. The zero-order valence-corrected chi connectivity index (χ0v) is 13.4. The van der Waals surface area contributed by atoms with Crippen molar-refractivity contribution >= 4 is 22.6 Å². The average molecular weight is 316 g/mol. The summed E-state index contributed by atoms with van der Waals surface area (Å²) in [4.78, 5) is 14.2. The highest BCUT2D eigenvalue weighted by Gasteiger charge is 2.12. The van der Waals surface area contributed by atoms with Crippen LogP contribution in [-0.2, 0) is 0 Å². The fourth-order valence-electron chi connectivity index (χ4n) is 1.86. The molecule has 3 nitrogen and oxygen atoms in total. The molecule has 2 rings (SSSR count). The van der Waals surface area contributed by atoms with Gasteiger partial charge in [-0.2, -0.15) is 0 Å². The minimum Gasteiger partial charge on any atom is -0.422 e. The lowest BCUT2D eigenvalue weighted by Crippen LogP contribution is -2.11. The third kappa shape index (κ3) is 4.45. The Bertz CT molecular complexity index is 666. The maximum absolute atomic E-state index is 12.2. The van der Waals surface area contributed by atoms with E-state index in [9.17, 15) is 4.79 Å². The van der Waals surface area contributed by atoms with Gasteiger partial charge in [-0.1, -0.05) is 48.0 Å². The number of nitrogens with zero attached hydrogens (tertiary/aromatic N) is 1. The molecule has 4 heteroatoms. The van der Waals surface area contributed by atoms with Crippen molar-refractivity contribution in [2.75, 3.05) is 20.6 Å². The maximum atomic E-state index is 12.2. The van der Waals surface area contributed by atoms with E-state index < -0.39 is 5.97 Å². The molecule has 0 aromatic heterocycles. The lowest BCUT2D eigenvalue weighted by Gasteiger charge is -2.11. The van der Waals surface area contributed by atoms with Crippen LogP contribution in [0.3, 0.4) is 0 Å². The van der Waals surface area contributed by atoms with E-state index in [1.54, 1.807) is 30.3 Å². The van der Waals surface area contributed by atoms with Crippen molar-refractivity contribution in [3.05, 3.63) is 71.8 Å². The zero-order chi connectivity index (χ0) is 15.9. The zero-order valence-electron chi connectivity index (χ0n) is 12.6. The van der Waals surface area contributed by atoms with Crippen molar-refractivity contribution in [2.24, 2.45) is 0 Å². The van der Waals surface area contributed by atoms with Gasteiger partial charge in [0.25, 0.3) is 0 Å². The van der Waals surface area contributed by atoms with Gasteiger partial charge in [-0.25, -0.2) is 4.79 Å². The first-order chi connectivity index (χ1) is 10.6. The fourth-order valence-corrected chi connectivity index (χ4v) is 2.08. The van der Waals surface area contributed by atoms with E-state index in [-0.39, 0.29) is 0 Å². The van der Waals surface area contributed by atoms with Crippen LogP contribution < -0.4 is 4.74 Å². The molecule has 0 saturated carbocycles. The minimum atomic E-state index is -0.398. The molecule has 0 bridgehead atoms. The molecule has 0 atom stereocenters. The number of halogens is 1. The number of carbonyl (C=O) groups excluding carboxylic acids is 1. The van der Waals surface area contributed by atoms with E-state index in [1.807, 2.05) is 49.3 Å². The molecule has 0 aliphatic rings. The summed E-state index contributed by atoms with van der Waals surface area (Å²) < 4.78 is 5.48. The normalized spacial score (nSPS) is 11.5. The lowest BCUT2D eigenvalue weighted by molar-refractivity contribution is 0.0734. The topological polar surface area (TPSA) is 29.5 Å². The van der Waals surface area contributed by atoms with Gasteiger partial charge >= 0.3 is 5.97 Å². The minimum absolute atomic E-state index is 0.398. The summed E-state index contributed by atoms with van der Waals surface area (Å²) >= 11 is 6.33. The Morgan fingerprint density at radius 3 is 2.41 bits per heavy atom. The molecule has 0 fully saturated rings. The number of carbonyl (C=O) groups is 1. The molecule has 0 unspecified atom stereocenters. The SMILES string of the molecule is CN(C)C/C=C(\Cl)c1ccccc1OC(=O)c1ccccc1. The molecule has 0 heterocycles. The van der Waals surface area contributed by atoms with Crippen molar-refractivity contribution in [1.82, 2.24) is 4.90 Å². The van der Waals surface area contributed by atoms with Gasteiger partial charge in [-0.3, -0.25) is 0 Å². The number of hydrogen-bond donors (Lipinski definition) is 0. The molecular formula is C18H18ClNO2. The van der Waals surface area contributed by atoms with Crippen LogP contribution in [-0.4, -0.2) is 31.5 Å². The number of hydrogen-bond acceptors (Lipinski definition) is 3. The lowest BCUT2D eigenvalue weighted by atomic mass is 10.1. The number of esters is 1. The summed E-state index contributed by atoms with van der Waals surface area (Å²) in [6.45, 7) is 0.708. The van der Waals surface area contributed by atoms with Crippen LogP contribution in [0.5, 0.6) is 5.75 Å². The first kappa shape index (κ1) is 16.3. The van der Waals surface area contributed by atoms with Gasteiger partial charge in [-0.05, 0) is 38.4 Å². The summed E-state index contributed by atoms with van der Waals surface area (Å²) in [5.74, 6) is 0.0569. The van der Waals surface area contributed by atoms with Crippen molar-refractivity contribution in [3.63, 3.8) is 0 Å². The molecule has 0 N–H and O–H groups in total. The number of para-hydroxylation sites is 1. The standard InChI is InChI=1S/C18H18ClNO2/c1-20(2)13-12-16(19)15-10-6-7-11-17(15)22-18(21)14-8-4-3-5-9-14/h3-12H,13H2,1-2H3/b16-12-. The maximum Gasteiger partial charge on any atom is 0.343 e. The largest absolute Gasteiger partial charge is 0.422 e. The summed E-state index contributed by atoms with van der Waals surface area (Å²) in [6.07, 6.45) is 1.89. The van der Waals surface area contributed by atoms with Crippen molar-refractivity contribution < 1.29 is 9.53 Å². The van der Waals surface area contributed by atoms with E-state index in [2.05, 4.69) is 0 Å². The number of rotatable bonds is 5. The monoisotopic (exact) mass is 315 g/mol. The second-order valence-corrected chi connectivity index (χ2v) is 5.47. The van der Waals surface area contributed by atoms with Crippen LogP contribution in [0.1, 0.15) is 15.9 Å². The van der Waals surface area contributed by atoms with Gasteiger partial charge in [0.05, 0.1) is 5.56 Å². The molecule has 2 aromatic carbocycles.